The molecule has 1 fully saturated rings. The monoisotopic (exact) mass is 286 g/mol. The van der Waals surface area contributed by atoms with Gasteiger partial charge in [0.1, 0.15) is 0 Å². The fourth-order valence-corrected chi connectivity index (χ4v) is 3.56. The number of hydrogen-bond donors (Lipinski definition) is 1. The van der Waals surface area contributed by atoms with Crippen molar-refractivity contribution in [3.8, 4) is 0 Å². The molecule has 0 amide bonds. The summed E-state index contributed by atoms with van der Waals surface area (Å²) in [6, 6.07) is 3.33. The van der Waals surface area contributed by atoms with Crippen LogP contribution in [0.25, 0.3) is 0 Å². The molecule has 2 heterocycles. The number of halogens is 1. The summed E-state index contributed by atoms with van der Waals surface area (Å²) in [5.41, 5.74) is 0. The number of thiophene rings is 1. The molecule has 18 heavy (non-hydrogen) atoms. The average molecular weight is 287 g/mol. The maximum atomic E-state index is 5.99. The van der Waals surface area contributed by atoms with Gasteiger partial charge in [0, 0.05) is 35.4 Å². The molecule has 0 aliphatic carbocycles. The summed E-state index contributed by atoms with van der Waals surface area (Å²) in [5, 5.41) is 6.52. The molecule has 0 aromatic carbocycles. The molecule has 2 nitrogen and oxygen atoms in total. The van der Waals surface area contributed by atoms with Gasteiger partial charge in [0.05, 0.1) is 5.02 Å². The summed E-state index contributed by atoms with van der Waals surface area (Å²) in [7, 11) is 0. The molecule has 1 atom stereocenters. The van der Waals surface area contributed by atoms with Crippen molar-refractivity contribution in [3.63, 3.8) is 0 Å². The van der Waals surface area contributed by atoms with Crippen LogP contribution in [-0.2, 0) is 6.54 Å². The van der Waals surface area contributed by atoms with E-state index in [1.165, 1.54) is 30.7 Å². The fourth-order valence-electron chi connectivity index (χ4n) is 2.46. The molecule has 4 heteroatoms. The van der Waals surface area contributed by atoms with E-state index in [2.05, 4.69) is 30.1 Å². The molecule has 1 unspecified atom stereocenters. The van der Waals surface area contributed by atoms with Crippen LogP contribution in [0.5, 0.6) is 0 Å². The summed E-state index contributed by atoms with van der Waals surface area (Å²) in [6.45, 7) is 7.90. The standard InChI is InChI=1S/C14H23ClN2S/c1-11(2)17(8-13-5-3-4-6-16-13)9-14-7-12(15)10-18-14/h7,10-11,13,16H,3-6,8-9H2,1-2H3. The molecule has 1 aliphatic heterocycles. The van der Waals surface area contributed by atoms with Gasteiger partial charge in [-0.1, -0.05) is 18.0 Å². The number of nitrogens with one attached hydrogen (secondary N) is 1. The van der Waals surface area contributed by atoms with E-state index in [9.17, 15) is 0 Å². The zero-order chi connectivity index (χ0) is 13.0. The minimum atomic E-state index is 0.578. The Bertz CT molecular complexity index is 358. The van der Waals surface area contributed by atoms with Gasteiger partial charge < -0.3 is 5.32 Å². The van der Waals surface area contributed by atoms with E-state index in [4.69, 9.17) is 11.6 Å². The van der Waals surface area contributed by atoms with Crippen molar-refractivity contribution in [2.45, 2.75) is 51.7 Å². The Morgan fingerprint density at radius 1 is 1.50 bits per heavy atom. The van der Waals surface area contributed by atoms with E-state index < -0.39 is 0 Å². The molecule has 102 valence electrons. The van der Waals surface area contributed by atoms with Crippen LogP contribution in [0.4, 0.5) is 0 Å². The van der Waals surface area contributed by atoms with Crippen LogP contribution < -0.4 is 5.32 Å². The highest BCUT2D eigenvalue weighted by Gasteiger charge is 2.19. The third-order valence-corrected chi connectivity index (χ3v) is 4.85. The second-order valence-corrected chi connectivity index (χ2v) is 6.83. The predicted molar refractivity (Wildman–Crippen MR) is 80.5 cm³/mol. The molecule has 2 rings (SSSR count). The third-order valence-electron chi connectivity index (χ3n) is 3.58. The van der Waals surface area contributed by atoms with Crippen molar-refractivity contribution >= 4 is 22.9 Å². The minimum absolute atomic E-state index is 0.578. The second-order valence-electron chi connectivity index (χ2n) is 5.40. The van der Waals surface area contributed by atoms with Gasteiger partial charge in [-0.25, -0.2) is 0 Å². The van der Waals surface area contributed by atoms with Gasteiger partial charge in [-0.3, -0.25) is 4.90 Å². The van der Waals surface area contributed by atoms with Crippen molar-refractivity contribution in [1.29, 1.82) is 0 Å². The molecule has 1 saturated heterocycles. The molecule has 1 N–H and O–H groups in total. The smallest absolute Gasteiger partial charge is 0.0516 e. The van der Waals surface area contributed by atoms with Crippen LogP contribution >= 0.6 is 22.9 Å². The topological polar surface area (TPSA) is 15.3 Å². The molecule has 1 aromatic heterocycles. The molecule has 1 aliphatic rings. The van der Waals surface area contributed by atoms with Gasteiger partial charge >= 0.3 is 0 Å². The maximum absolute atomic E-state index is 5.99. The maximum Gasteiger partial charge on any atom is 0.0516 e. The van der Waals surface area contributed by atoms with Gasteiger partial charge in [-0.15, -0.1) is 11.3 Å². The Morgan fingerprint density at radius 3 is 2.89 bits per heavy atom. The van der Waals surface area contributed by atoms with Gasteiger partial charge in [0.25, 0.3) is 0 Å². The first-order valence-electron chi connectivity index (χ1n) is 6.85. The first kappa shape index (κ1) is 14.3. The molecular weight excluding hydrogens is 264 g/mol. The first-order chi connectivity index (χ1) is 8.65. The average Bonchev–Trinajstić information content (AvgIpc) is 2.75. The molecule has 0 saturated carbocycles. The summed E-state index contributed by atoms with van der Waals surface area (Å²) >= 11 is 7.76. The van der Waals surface area contributed by atoms with E-state index in [1.807, 2.05) is 5.38 Å². The van der Waals surface area contributed by atoms with E-state index in [0.717, 1.165) is 18.1 Å². The normalized spacial score (nSPS) is 20.8. The first-order valence-corrected chi connectivity index (χ1v) is 8.11. The van der Waals surface area contributed by atoms with E-state index in [0.29, 0.717) is 12.1 Å². The van der Waals surface area contributed by atoms with Crippen LogP contribution in [0.1, 0.15) is 38.0 Å². The van der Waals surface area contributed by atoms with Gasteiger partial charge in [0.15, 0.2) is 0 Å². The van der Waals surface area contributed by atoms with E-state index >= 15 is 0 Å². The molecule has 1 aromatic rings. The summed E-state index contributed by atoms with van der Waals surface area (Å²) < 4.78 is 0. The molecule has 0 bridgehead atoms. The minimum Gasteiger partial charge on any atom is -0.313 e. The number of hydrogen-bond acceptors (Lipinski definition) is 3. The number of rotatable bonds is 5. The Hall–Kier alpha value is -0.0900. The van der Waals surface area contributed by atoms with E-state index in [1.54, 1.807) is 11.3 Å². The lowest BCUT2D eigenvalue weighted by molar-refractivity contribution is 0.178. The lowest BCUT2D eigenvalue weighted by atomic mass is 10.0. The quantitative estimate of drug-likeness (QED) is 0.887. The van der Waals surface area contributed by atoms with Crippen molar-refractivity contribution in [2.75, 3.05) is 13.1 Å². The lowest BCUT2D eigenvalue weighted by Crippen LogP contribution is -2.45. The molecular formula is C14H23ClN2S. The summed E-state index contributed by atoms with van der Waals surface area (Å²) in [4.78, 5) is 3.91. The number of nitrogens with zero attached hydrogens (tertiary/aromatic N) is 1. The molecule has 0 radical (unpaired) electrons. The van der Waals surface area contributed by atoms with Crippen molar-refractivity contribution in [3.05, 3.63) is 21.3 Å². The largest absolute Gasteiger partial charge is 0.313 e. The predicted octanol–water partition coefficient (Wildman–Crippen LogP) is 3.75. The molecule has 0 spiro atoms. The fraction of sp³-hybridized carbons (Fsp3) is 0.714. The Labute approximate surface area is 119 Å². The Morgan fingerprint density at radius 2 is 2.33 bits per heavy atom. The van der Waals surface area contributed by atoms with Gasteiger partial charge in [-0.2, -0.15) is 0 Å². The van der Waals surface area contributed by atoms with E-state index in [-0.39, 0.29) is 0 Å². The highest BCUT2D eigenvalue weighted by atomic mass is 35.5. The summed E-state index contributed by atoms with van der Waals surface area (Å²) in [5.74, 6) is 0. The van der Waals surface area contributed by atoms with Crippen LogP contribution in [0.2, 0.25) is 5.02 Å². The highest BCUT2D eigenvalue weighted by molar-refractivity contribution is 7.10. The second kappa shape index (κ2) is 6.90. The van der Waals surface area contributed by atoms with Gasteiger partial charge in [-0.05, 0) is 39.3 Å². The lowest BCUT2D eigenvalue weighted by Gasteiger charge is -2.32. The highest BCUT2D eigenvalue weighted by Crippen LogP contribution is 2.22. The van der Waals surface area contributed by atoms with Gasteiger partial charge in [0.2, 0.25) is 0 Å². The Balaban J connectivity index is 1.90. The Kier molecular flexibility index (Phi) is 5.49. The van der Waals surface area contributed by atoms with Crippen molar-refractivity contribution in [1.82, 2.24) is 10.2 Å². The van der Waals surface area contributed by atoms with Crippen molar-refractivity contribution in [2.24, 2.45) is 0 Å². The third kappa shape index (κ3) is 4.23. The number of piperidine rings is 1. The van der Waals surface area contributed by atoms with Crippen LogP contribution in [-0.4, -0.2) is 30.1 Å². The van der Waals surface area contributed by atoms with Crippen LogP contribution in [0, 0.1) is 0 Å². The zero-order valence-electron chi connectivity index (χ0n) is 11.3. The zero-order valence-corrected chi connectivity index (χ0v) is 12.9. The van der Waals surface area contributed by atoms with Crippen molar-refractivity contribution < 1.29 is 0 Å². The summed E-state index contributed by atoms with van der Waals surface area (Å²) in [6.07, 6.45) is 4.02. The van der Waals surface area contributed by atoms with Crippen LogP contribution in [0.15, 0.2) is 11.4 Å². The SMILES string of the molecule is CC(C)N(Cc1cc(Cl)cs1)CC1CCCCN1. The van der Waals surface area contributed by atoms with Crippen LogP contribution in [0.3, 0.4) is 0 Å².